The molecule has 4 heteroatoms. The largest absolute Gasteiger partial charge is 0.508 e. The van der Waals surface area contributed by atoms with Crippen molar-refractivity contribution in [3.63, 3.8) is 0 Å². The maximum atomic E-state index is 12.6. The lowest BCUT2D eigenvalue weighted by Crippen LogP contribution is -2.47. The molecule has 1 aliphatic rings. The van der Waals surface area contributed by atoms with E-state index in [9.17, 15) is 9.90 Å². The maximum Gasteiger partial charge on any atom is 0.254 e. The van der Waals surface area contributed by atoms with Crippen LogP contribution >= 0.6 is 0 Å². The van der Waals surface area contributed by atoms with Crippen molar-refractivity contribution >= 4 is 5.91 Å². The van der Waals surface area contributed by atoms with Gasteiger partial charge in [-0.25, -0.2) is 0 Å². The number of aromatic hydroxyl groups is 1. The zero-order chi connectivity index (χ0) is 14.0. The third-order valence-electron chi connectivity index (χ3n) is 4.11. The normalized spacial score (nSPS) is 23.4. The van der Waals surface area contributed by atoms with Crippen LogP contribution in [0.15, 0.2) is 18.2 Å². The number of nitrogens with zero attached hydrogens (tertiary/aromatic N) is 1. The summed E-state index contributed by atoms with van der Waals surface area (Å²) < 4.78 is 0. The molecule has 3 N–H and O–H groups in total. The number of carbonyl (C=O) groups is 1. The maximum absolute atomic E-state index is 12.6. The molecule has 4 nitrogen and oxygen atoms in total. The molecular formula is C15H22N2O2. The molecule has 1 amide bonds. The quantitative estimate of drug-likeness (QED) is 0.855. The van der Waals surface area contributed by atoms with Crippen LogP contribution < -0.4 is 5.73 Å². The number of nitrogens with two attached hydrogens (primary N) is 1. The van der Waals surface area contributed by atoms with Gasteiger partial charge in [0.25, 0.3) is 5.91 Å². The van der Waals surface area contributed by atoms with Crippen LogP contribution in [-0.4, -0.2) is 35.0 Å². The van der Waals surface area contributed by atoms with E-state index in [0.717, 1.165) is 12.8 Å². The van der Waals surface area contributed by atoms with Gasteiger partial charge in [0.15, 0.2) is 0 Å². The fraction of sp³-hybridized carbons (Fsp3) is 0.533. The van der Waals surface area contributed by atoms with Crippen molar-refractivity contribution in [2.45, 2.75) is 32.7 Å². The molecule has 0 radical (unpaired) electrons. The Labute approximate surface area is 114 Å². The summed E-state index contributed by atoms with van der Waals surface area (Å²) in [5.41, 5.74) is 6.96. The number of piperidine rings is 1. The van der Waals surface area contributed by atoms with E-state index in [4.69, 9.17) is 5.73 Å². The number of phenols is 1. The molecule has 1 aromatic carbocycles. The summed E-state index contributed by atoms with van der Waals surface area (Å²) in [6.45, 7) is 5.18. The van der Waals surface area contributed by atoms with E-state index in [1.54, 1.807) is 25.1 Å². The number of rotatable bonds is 2. The van der Waals surface area contributed by atoms with Gasteiger partial charge in [-0.3, -0.25) is 4.79 Å². The van der Waals surface area contributed by atoms with Gasteiger partial charge >= 0.3 is 0 Å². The highest BCUT2D eigenvalue weighted by molar-refractivity contribution is 5.96. The first kappa shape index (κ1) is 13.9. The highest BCUT2D eigenvalue weighted by Gasteiger charge is 2.29. The SMILES string of the molecule is Cc1c(O)cccc1C(=O)N1CC(CN)CCC1C. The van der Waals surface area contributed by atoms with Crippen molar-refractivity contribution in [2.24, 2.45) is 11.7 Å². The summed E-state index contributed by atoms with van der Waals surface area (Å²) in [7, 11) is 0. The average Bonchev–Trinajstić information content (AvgIpc) is 2.42. The van der Waals surface area contributed by atoms with Gasteiger partial charge in [0.05, 0.1) is 0 Å². The Balaban J connectivity index is 2.24. The smallest absolute Gasteiger partial charge is 0.254 e. The third-order valence-corrected chi connectivity index (χ3v) is 4.11. The number of phenolic OH excluding ortho intramolecular Hbond substituents is 1. The Hall–Kier alpha value is -1.55. The average molecular weight is 262 g/mol. The minimum absolute atomic E-state index is 0.000880. The molecule has 0 saturated carbocycles. The first-order chi connectivity index (χ1) is 9.04. The number of benzene rings is 1. The molecule has 2 unspecified atom stereocenters. The molecule has 19 heavy (non-hydrogen) atoms. The van der Waals surface area contributed by atoms with Crippen LogP contribution in [0.3, 0.4) is 0 Å². The first-order valence-corrected chi connectivity index (χ1v) is 6.84. The minimum atomic E-state index is -0.000880. The van der Waals surface area contributed by atoms with Crippen molar-refractivity contribution in [1.29, 1.82) is 0 Å². The Bertz CT molecular complexity index is 473. The monoisotopic (exact) mass is 262 g/mol. The predicted octanol–water partition coefficient (Wildman–Crippen LogP) is 1.90. The summed E-state index contributed by atoms with van der Waals surface area (Å²) in [5, 5.41) is 9.72. The number of carbonyl (C=O) groups excluding carboxylic acids is 1. The van der Waals surface area contributed by atoms with Gasteiger partial charge in [-0.05, 0) is 51.3 Å². The summed E-state index contributed by atoms with van der Waals surface area (Å²) in [6, 6.07) is 5.33. The van der Waals surface area contributed by atoms with Crippen LogP contribution in [0.5, 0.6) is 5.75 Å². The molecule has 0 aromatic heterocycles. The van der Waals surface area contributed by atoms with Crippen LogP contribution in [0.1, 0.15) is 35.7 Å². The lowest BCUT2D eigenvalue weighted by molar-refractivity contribution is 0.0565. The van der Waals surface area contributed by atoms with Gasteiger partial charge in [0.2, 0.25) is 0 Å². The fourth-order valence-corrected chi connectivity index (χ4v) is 2.67. The van der Waals surface area contributed by atoms with Crippen LogP contribution in [0.4, 0.5) is 0 Å². The second-order valence-electron chi connectivity index (χ2n) is 5.44. The number of hydrogen-bond donors (Lipinski definition) is 2. The summed E-state index contributed by atoms with van der Waals surface area (Å²) in [5.74, 6) is 0.558. The second kappa shape index (κ2) is 5.61. The zero-order valence-corrected chi connectivity index (χ0v) is 11.6. The molecule has 2 atom stereocenters. The Morgan fingerprint density at radius 3 is 2.89 bits per heavy atom. The molecule has 1 fully saturated rings. The zero-order valence-electron chi connectivity index (χ0n) is 11.6. The molecule has 1 aliphatic heterocycles. The molecule has 1 saturated heterocycles. The first-order valence-electron chi connectivity index (χ1n) is 6.84. The lowest BCUT2D eigenvalue weighted by Gasteiger charge is -2.38. The Kier molecular flexibility index (Phi) is 4.10. The van der Waals surface area contributed by atoms with Gasteiger partial charge < -0.3 is 15.7 Å². The van der Waals surface area contributed by atoms with Gasteiger partial charge in [-0.1, -0.05) is 6.07 Å². The van der Waals surface area contributed by atoms with Crippen LogP contribution in [0.2, 0.25) is 0 Å². The summed E-state index contributed by atoms with van der Waals surface area (Å²) in [4.78, 5) is 14.5. The topological polar surface area (TPSA) is 66.6 Å². The van der Waals surface area contributed by atoms with Crippen molar-refractivity contribution in [2.75, 3.05) is 13.1 Å². The summed E-state index contributed by atoms with van der Waals surface area (Å²) in [6.07, 6.45) is 2.08. The van der Waals surface area contributed by atoms with E-state index in [-0.39, 0.29) is 17.7 Å². The molecule has 0 aliphatic carbocycles. The van der Waals surface area contributed by atoms with E-state index in [1.165, 1.54) is 0 Å². The van der Waals surface area contributed by atoms with E-state index in [2.05, 4.69) is 6.92 Å². The number of hydrogen-bond acceptors (Lipinski definition) is 3. The molecule has 1 heterocycles. The highest BCUT2D eigenvalue weighted by atomic mass is 16.3. The van der Waals surface area contributed by atoms with Gasteiger partial charge in [0, 0.05) is 23.7 Å². The molecule has 1 aromatic rings. The van der Waals surface area contributed by atoms with Crippen LogP contribution in [0, 0.1) is 12.8 Å². The molecule has 2 rings (SSSR count). The Morgan fingerprint density at radius 1 is 1.47 bits per heavy atom. The highest BCUT2D eigenvalue weighted by Crippen LogP contribution is 2.26. The van der Waals surface area contributed by atoms with E-state index < -0.39 is 0 Å². The third kappa shape index (κ3) is 2.73. The minimum Gasteiger partial charge on any atom is -0.508 e. The molecule has 104 valence electrons. The van der Waals surface area contributed by atoms with Crippen LogP contribution in [-0.2, 0) is 0 Å². The van der Waals surface area contributed by atoms with Gasteiger partial charge in [-0.15, -0.1) is 0 Å². The van der Waals surface area contributed by atoms with Gasteiger partial charge in [-0.2, -0.15) is 0 Å². The van der Waals surface area contributed by atoms with Crippen LogP contribution in [0.25, 0.3) is 0 Å². The van der Waals surface area contributed by atoms with E-state index >= 15 is 0 Å². The Morgan fingerprint density at radius 2 is 2.21 bits per heavy atom. The predicted molar refractivity (Wildman–Crippen MR) is 75.1 cm³/mol. The van der Waals surface area contributed by atoms with Crippen molar-refractivity contribution < 1.29 is 9.90 Å². The molecule has 0 bridgehead atoms. The van der Waals surface area contributed by atoms with Crippen molar-refractivity contribution in [3.8, 4) is 5.75 Å². The van der Waals surface area contributed by atoms with Crippen molar-refractivity contribution in [3.05, 3.63) is 29.3 Å². The second-order valence-corrected chi connectivity index (χ2v) is 5.44. The number of likely N-dealkylation sites (tertiary alicyclic amines) is 1. The standard InChI is InChI=1S/C15H22N2O2/c1-10-6-7-12(8-16)9-17(10)15(19)13-4-3-5-14(18)11(13)2/h3-5,10,12,18H,6-9,16H2,1-2H3. The molecular weight excluding hydrogens is 240 g/mol. The van der Waals surface area contributed by atoms with E-state index in [0.29, 0.717) is 30.1 Å². The van der Waals surface area contributed by atoms with E-state index in [1.807, 2.05) is 4.90 Å². The molecule has 0 spiro atoms. The van der Waals surface area contributed by atoms with Gasteiger partial charge in [0.1, 0.15) is 5.75 Å². The van der Waals surface area contributed by atoms with Crippen molar-refractivity contribution in [1.82, 2.24) is 4.90 Å². The fourth-order valence-electron chi connectivity index (χ4n) is 2.67. The lowest BCUT2D eigenvalue weighted by atomic mass is 9.92. The number of amides is 1. The summed E-state index contributed by atoms with van der Waals surface area (Å²) >= 11 is 0.